The molecule has 138 valence electrons. The summed E-state index contributed by atoms with van der Waals surface area (Å²) in [6, 6.07) is 8.31. The lowest BCUT2D eigenvalue weighted by atomic mass is 10.0. The second kappa shape index (κ2) is 8.79. The molecule has 2 aliphatic rings. The Bertz CT molecular complexity index is 570. The van der Waals surface area contributed by atoms with Crippen molar-refractivity contribution in [1.29, 1.82) is 0 Å². The molecule has 2 heterocycles. The number of rotatable bonds is 5. The first-order valence-corrected chi connectivity index (χ1v) is 9.57. The number of ether oxygens (including phenoxy) is 1. The first-order chi connectivity index (χ1) is 12.2. The molecule has 5 heteroatoms. The molecule has 0 N–H and O–H groups in total. The van der Waals surface area contributed by atoms with Gasteiger partial charge >= 0.3 is 0 Å². The molecule has 0 aromatic heterocycles. The van der Waals surface area contributed by atoms with Crippen molar-refractivity contribution in [2.24, 2.45) is 0 Å². The zero-order valence-corrected chi connectivity index (χ0v) is 15.6. The summed E-state index contributed by atoms with van der Waals surface area (Å²) in [5.41, 5.74) is 2.44. The number of hydrogen-bond acceptors (Lipinski definition) is 4. The van der Waals surface area contributed by atoms with Gasteiger partial charge in [0.05, 0.1) is 13.2 Å². The summed E-state index contributed by atoms with van der Waals surface area (Å²) >= 11 is 0. The Morgan fingerprint density at radius 2 is 1.84 bits per heavy atom. The van der Waals surface area contributed by atoms with E-state index in [0.717, 1.165) is 39.3 Å². The third kappa shape index (κ3) is 4.81. The lowest BCUT2D eigenvalue weighted by Crippen LogP contribution is -2.48. The summed E-state index contributed by atoms with van der Waals surface area (Å²) in [5.74, 6) is 0.264. The minimum Gasteiger partial charge on any atom is -0.370 e. The number of piperazine rings is 1. The number of benzene rings is 1. The summed E-state index contributed by atoms with van der Waals surface area (Å²) < 4.78 is 5.93. The maximum atomic E-state index is 12.7. The normalized spacial score (nSPS) is 23.0. The average Bonchev–Trinajstić information content (AvgIpc) is 2.67. The van der Waals surface area contributed by atoms with Crippen LogP contribution in [0.3, 0.4) is 0 Å². The van der Waals surface area contributed by atoms with Crippen molar-refractivity contribution in [1.82, 2.24) is 14.7 Å². The quantitative estimate of drug-likeness (QED) is 0.817. The van der Waals surface area contributed by atoms with Gasteiger partial charge in [0.15, 0.2) is 0 Å². The number of amides is 1. The minimum atomic E-state index is 0.00648. The van der Waals surface area contributed by atoms with E-state index in [1.165, 1.54) is 11.1 Å². The zero-order chi connectivity index (χ0) is 17.6. The maximum Gasteiger partial charge on any atom is 0.224 e. The maximum absolute atomic E-state index is 12.7. The number of nitrogens with zero attached hydrogens (tertiary/aromatic N) is 3. The molecule has 2 fully saturated rings. The van der Waals surface area contributed by atoms with Crippen LogP contribution in [0.1, 0.15) is 30.6 Å². The molecule has 1 atom stereocenters. The fourth-order valence-corrected chi connectivity index (χ4v) is 3.75. The molecular weight excluding hydrogens is 314 g/mol. The van der Waals surface area contributed by atoms with Crippen molar-refractivity contribution in [3.8, 4) is 0 Å². The molecule has 3 rings (SSSR count). The largest absolute Gasteiger partial charge is 0.370 e. The summed E-state index contributed by atoms with van der Waals surface area (Å²) in [6.45, 7) is 12.7. The Kier molecular flexibility index (Phi) is 6.45. The van der Waals surface area contributed by atoms with Crippen LogP contribution in [-0.2, 0) is 9.53 Å². The molecular formula is C20H31N3O2. The van der Waals surface area contributed by atoms with Gasteiger partial charge in [-0.2, -0.15) is 0 Å². The van der Waals surface area contributed by atoms with Gasteiger partial charge in [-0.3, -0.25) is 4.79 Å². The van der Waals surface area contributed by atoms with Crippen LogP contribution < -0.4 is 0 Å². The van der Waals surface area contributed by atoms with Crippen LogP contribution in [0.4, 0.5) is 0 Å². The fraction of sp³-hybridized carbons (Fsp3) is 0.650. The number of likely N-dealkylation sites (N-methyl/N-ethyl adjacent to an activating group) is 1. The Hall–Kier alpha value is -1.43. The van der Waals surface area contributed by atoms with Gasteiger partial charge in [-0.05, 0) is 24.6 Å². The molecule has 0 bridgehead atoms. The van der Waals surface area contributed by atoms with Crippen LogP contribution in [-0.4, -0.2) is 79.6 Å². The van der Waals surface area contributed by atoms with E-state index in [1.807, 2.05) is 17.0 Å². The van der Waals surface area contributed by atoms with Gasteiger partial charge in [0.1, 0.15) is 6.10 Å². The molecule has 1 amide bonds. The van der Waals surface area contributed by atoms with Crippen molar-refractivity contribution >= 4 is 5.91 Å². The first-order valence-electron chi connectivity index (χ1n) is 9.57. The van der Waals surface area contributed by atoms with Gasteiger partial charge in [-0.25, -0.2) is 0 Å². The van der Waals surface area contributed by atoms with Crippen LogP contribution >= 0.6 is 0 Å². The first kappa shape index (κ1) is 18.4. The predicted octanol–water partition coefficient (Wildman–Crippen LogP) is 1.92. The smallest absolute Gasteiger partial charge is 0.224 e. The molecule has 0 saturated carbocycles. The van der Waals surface area contributed by atoms with Gasteiger partial charge in [0.2, 0.25) is 5.91 Å². The van der Waals surface area contributed by atoms with E-state index in [2.05, 4.69) is 35.8 Å². The van der Waals surface area contributed by atoms with E-state index in [9.17, 15) is 4.79 Å². The van der Waals surface area contributed by atoms with Crippen LogP contribution in [0, 0.1) is 6.92 Å². The van der Waals surface area contributed by atoms with Gasteiger partial charge in [-0.1, -0.05) is 31.2 Å². The highest BCUT2D eigenvalue weighted by molar-refractivity contribution is 5.76. The van der Waals surface area contributed by atoms with E-state index in [-0.39, 0.29) is 12.0 Å². The van der Waals surface area contributed by atoms with Gasteiger partial charge in [0.25, 0.3) is 0 Å². The average molecular weight is 345 g/mol. The lowest BCUT2D eigenvalue weighted by molar-refractivity contribution is -0.139. The highest BCUT2D eigenvalue weighted by Gasteiger charge is 2.26. The van der Waals surface area contributed by atoms with E-state index in [1.54, 1.807) is 0 Å². The monoisotopic (exact) mass is 345 g/mol. The van der Waals surface area contributed by atoms with Crippen molar-refractivity contribution in [3.63, 3.8) is 0 Å². The van der Waals surface area contributed by atoms with E-state index in [0.29, 0.717) is 26.1 Å². The molecule has 0 radical (unpaired) electrons. The van der Waals surface area contributed by atoms with Crippen LogP contribution in [0.5, 0.6) is 0 Å². The van der Waals surface area contributed by atoms with E-state index in [4.69, 9.17) is 4.74 Å². The van der Waals surface area contributed by atoms with Crippen molar-refractivity contribution < 1.29 is 9.53 Å². The summed E-state index contributed by atoms with van der Waals surface area (Å²) in [7, 11) is 0. The topological polar surface area (TPSA) is 36.0 Å². The van der Waals surface area contributed by atoms with Crippen molar-refractivity contribution in [2.45, 2.75) is 26.4 Å². The Morgan fingerprint density at radius 1 is 1.12 bits per heavy atom. The number of carbonyl (C=O) groups excluding carboxylic acids is 1. The zero-order valence-electron chi connectivity index (χ0n) is 15.6. The fourth-order valence-electron chi connectivity index (χ4n) is 3.75. The van der Waals surface area contributed by atoms with E-state index < -0.39 is 0 Å². The van der Waals surface area contributed by atoms with Gasteiger partial charge in [-0.15, -0.1) is 0 Å². The highest BCUT2D eigenvalue weighted by atomic mass is 16.5. The Balaban J connectivity index is 1.48. The van der Waals surface area contributed by atoms with E-state index >= 15 is 0 Å². The number of hydrogen-bond donors (Lipinski definition) is 0. The molecule has 0 spiro atoms. The standard InChI is InChI=1S/C20H31N3O2/c1-3-21-10-12-22(13-11-21)9-8-20(24)23-14-15-25-19(16-23)18-7-5-4-6-17(18)2/h4-7,19H,3,8-16H2,1-2H3/t19-/m0/s1. The van der Waals surface area contributed by atoms with Crippen LogP contribution in [0.2, 0.25) is 0 Å². The van der Waals surface area contributed by atoms with Crippen LogP contribution in [0.25, 0.3) is 0 Å². The second-order valence-corrected chi connectivity index (χ2v) is 7.08. The molecule has 2 saturated heterocycles. The third-order valence-corrected chi connectivity index (χ3v) is 5.51. The Morgan fingerprint density at radius 3 is 2.56 bits per heavy atom. The second-order valence-electron chi connectivity index (χ2n) is 7.08. The summed E-state index contributed by atoms with van der Waals surface area (Å²) in [6.07, 6.45) is 0.624. The Labute approximate surface area is 151 Å². The molecule has 0 unspecified atom stereocenters. The third-order valence-electron chi connectivity index (χ3n) is 5.51. The number of aryl methyl sites for hydroxylation is 1. The van der Waals surface area contributed by atoms with Gasteiger partial charge in [0, 0.05) is 45.7 Å². The molecule has 25 heavy (non-hydrogen) atoms. The molecule has 0 aliphatic carbocycles. The molecule has 1 aromatic carbocycles. The van der Waals surface area contributed by atoms with Crippen molar-refractivity contribution in [3.05, 3.63) is 35.4 Å². The lowest BCUT2D eigenvalue weighted by Gasteiger charge is -2.36. The van der Waals surface area contributed by atoms with Gasteiger partial charge < -0.3 is 19.4 Å². The number of morpholine rings is 1. The number of carbonyl (C=O) groups is 1. The SMILES string of the molecule is CCN1CCN(CCC(=O)N2CCO[C@H](c3ccccc3C)C2)CC1. The molecule has 5 nitrogen and oxygen atoms in total. The highest BCUT2D eigenvalue weighted by Crippen LogP contribution is 2.25. The summed E-state index contributed by atoms with van der Waals surface area (Å²) in [5, 5.41) is 0. The predicted molar refractivity (Wildman–Crippen MR) is 99.6 cm³/mol. The van der Waals surface area contributed by atoms with Crippen LogP contribution in [0.15, 0.2) is 24.3 Å². The molecule has 1 aromatic rings. The molecule has 2 aliphatic heterocycles. The minimum absolute atomic E-state index is 0.00648. The van der Waals surface area contributed by atoms with Crippen molar-refractivity contribution in [2.75, 3.05) is 59.0 Å². The summed E-state index contributed by atoms with van der Waals surface area (Å²) in [4.78, 5) is 19.5.